The van der Waals surface area contributed by atoms with E-state index in [1.165, 1.54) is 32.1 Å². The molecule has 0 aromatic carbocycles. The van der Waals surface area contributed by atoms with E-state index in [9.17, 15) is 0 Å². The smallest absolute Gasteiger partial charge is 0.128 e. The van der Waals surface area contributed by atoms with Crippen LogP contribution >= 0.6 is 0 Å². The molecule has 1 aliphatic heterocycles. The Morgan fingerprint density at radius 1 is 1.11 bits per heavy atom. The van der Waals surface area contributed by atoms with E-state index in [0.717, 1.165) is 36.8 Å². The summed E-state index contributed by atoms with van der Waals surface area (Å²) in [6.07, 6.45) is 9.02. The average molecular weight is 257 g/mol. The van der Waals surface area contributed by atoms with Gasteiger partial charge in [0.15, 0.2) is 0 Å². The van der Waals surface area contributed by atoms with Gasteiger partial charge in [-0.05, 0) is 56.1 Å². The third-order valence-corrected chi connectivity index (χ3v) is 4.85. The van der Waals surface area contributed by atoms with Crippen molar-refractivity contribution in [3.05, 3.63) is 24.4 Å². The number of hydrogen-bond donors (Lipinski definition) is 1. The molecule has 2 saturated carbocycles. The quantitative estimate of drug-likeness (QED) is 0.878. The number of pyridine rings is 1. The predicted octanol–water partition coefficient (Wildman–Crippen LogP) is 2.44. The Hall–Kier alpha value is -1.09. The topological polar surface area (TPSA) is 28.2 Å². The Morgan fingerprint density at radius 2 is 1.89 bits per heavy atom. The Kier molecular flexibility index (Phi) is 2.95. The van der Waals surface area contributed by atoms with Crippen molar-refractivity contribution in [2.75, 3.05) is 18.0 Å². The first kappa shape index (κ1) is 11.7. The van der Waals surface area contributed by atoms with Gasteiger partial charge < -0.3 is 10.2 Å². The lowest BCUT2D eigenvalue weighted by Gasteiger charge is -2.23. The first-order valence-corrected chi connectivity index (χ1v) is 7.82. The zero-order valence-corrected chi connectivity index (χ0v) is 11.5. The molecule has 3 nitrogen and oxygen atoms in total. The van der Waals surface area contributed by atoms with Crippen molar-refractivity contribution in [1.82, 2.24) is 10.3 Å². The molecular weight excluding hydrogens is 234 g/mol. The minimum Gasteiger partial charge on any atom is -0.355 e. The van der Waals surface area contributed by atoms with Crippen molar-refractivity contribution in [3.63, 3.8) is 0 Å². The zero-order valence-electron chi connectivity index (χ0n) is 11.5. The lowest BCUT2D eigenvalue weighted by molar-refractivity contribution is 0.373. The Morgan fingerprint density at radius 3 is 2.53 bits per heavy atom. The highest BCUT2D eigenvalue weighted by atomic mass is 15.2. The van der Waals surface area contributed by atoms with E-state index in [1.807, 2.05) is 12.3 Å². The van der Waals surface area contributed by atoms with Crippen LogP contribution in [0.15, 0.2) is 24.4 Å². The largest absolute Gasteiger partial charge is 0.355 e. The fourth-order valence-electron chi connectivity index (χ4n) is 3.49. The van der Waals surface area contributed by atoms with Gasteiger partial charge in [0, 0.05) is 31.4 Å². The minimum absolute atomic E-state index is 0.674. The number of anilines is 1. The summed E-state index contributed by atoms with van der Waals surface area (Å²) in [6.45, 7) is 2.28. The molecule has 3 fully saturated rings. The number of nitrogens with one attached hydrogen (secondary N) is 1. The van der Waals surface area contributed by atoms with Gasteiger partial charge in [0.25, 0.3) is 0 Å². The molecule has 1 N–H and O–H groups in total. The van der Waals surface area contributed by atoms with Crippen LogP contribution in [0.5, 0.6) is 0 Å². The average Bonchev–Trinajstić information content (AvgIpc) is 3.37. The second kappa shape index (κ2) is 4.78. The van der Waals surface area contributed by atoms with Gasteiger partial charge in [-0.2, -0.15) is 0 Å². The third kappa shape index (κ3) is 2.62. The van der Waals surface area contributed by atoms with E-state index in [4.69, 9.17) is 0 Å². The molecule has 3 aliphatic rings. The molecule has 1 atom stereocenters. The van der Waals surface area contributed by atoms with E-state index in [2.05, 4.69) is 27.3 Å². The summed E-state index contributed by atoms with van der Waals surface area (Å²) >= 11 is 0. The maximum Gasteiger partial charge on any atom is 0.128 e. The highest BCUT2D eigenvalue weighted by molar-refractivity contribution is 5.39. The van der Waals surface area contributed by atoms with Crippen molar-refractivity contribution >= 4 is 5.82 Å². The number of hydrogen-bond acceptors (Lipinski definition) is 3. The van der Waals surface area contributed by atoms with Crippen LogP contribution in [0.4, 0.5) is 5.82 Å². The second-order valence-electron chi connectivity index (χ2n) is 6.49. The highest BCUT2D eigenvalue weighted by Crippen LogP contribution is 2.44. The molecule has 0 amide bonds. The van der Waals surface area contributed by atoms with Crippen LogP contribution in [0, 0.1) is 11.8 Å². The van der Waals surface area contributed by atoms with E-state index < -0.39 is 0 Å². The summed E-state index contributed by atoms with van der Waals surface area (Å²) in [5, 5.41) is 3.97. The molecule has 1 saturated heterocycles. The van der Waals surface area contributed by atoms with E-state index >= 15 is 0 Å². The standard InChI is InChI=1S/C16H23N3/c1-2-9-17-15(3-1)19-10-8-14(11-19)18-16(12-4-5-12)13-6-7-13/h1-3,9,12-14,16,18H,4-8,10-11H2/t14-/m1/s1. The molecule has 102 valence electrons. The lowest BCUT2D eigenvalue weighted by Crippen LogP contribution is -2.42. The summed E-state index contributed by atoms with van der Waals surface area (Å²) in [5.41, 5.74) is 0. The molecule has 1 aromatic heterocycles. The first-order valence-electron chi connectivity index (χ1n) is 7.82. The molecule has 19 heavy (non-hydrogen) atoms. The second-order valence-corrected chi connectivity index (χ2v) is 6.49. The van der Waals surface area contributed by atoms with E-state index in [1.54, 1.807) is 0 Å². The molecule has 2 aliphatic carbocycles. The van der Waals surface area contributed by atoms with Crippen molar-refractivity contribution in [2.24, 2.45) is 11.8 Å². The minimum atomic E-state index is 0.674. The van der Waals surface area contributed by atoms with Crippen LogP contribution in [-0.4, -0.2) is 30.2 Å². The van der Waals surface area contributed by atoms with Crippen LogP contribution in [0.2, 0.25) is 0 Å². The number of rotatable bonds is 5. The lowest BCUT2D eigenvalue weighted by atomic mass is 10.1. The number of aromatic nitrogens is 1. The summed E-state index contributed by atoms with van der Waals surface area (Å²) in [7, 11) is 0. The zero-order chi connectivity index (χ0) is 12.7. The normalized spacial score (nSPS) is 27.2. The van der Waals surface area contributed by atoms with Crippen LogP contribution < -0.4 is 10.2 Å². The fourth-order valence-corrected chi connectivity index (χ4v) is 3.49. The van der Waals surface area contributed by atoms with Crippen molar-refractivity contribution in [1.29, 1.82) is 0 Å². The molecule has 0 bridgehead atoms. The number of nitrogens with zero attached hydrogens (tertiary/aromatic N) is 2. The van der Waals surface area contributed by atoms with Crippen molar-refractivity contribution in [2.45, 2.75) is 44.2 Å². The van der Waals surface area contributed by atoms with Crippen molar-refractivity contribution < 1.29 is 0 Å². The molecule has 0 unspecified atom stereocenters. The van der Waals surface area contributed by atoms with Gasteiger partial charge in [-0.25, -0.2) is 4.98 Å². The molecule has 1 aromatic rings. The SMILES string of the molecule is c1ccc(N2CC[C@@H](NC(C3CC3)C3CC3)C2)nc1. The first-order chi connectivity index (χ1) is 9.40. The van der Waals surface area contributed by atoms with Gasteiger partial charge in [0.05, 0.1) is 0 Å². The van der Waals surface area contributed by atoms with Gasteiger partial charge in [-0.1, -0.05) is 6.07 Å². The maximum atomic E-state index is 4.47. The summed E-state index contributed by atoms with van der Waals surface area (Å²) < 4.78 is 0. The Balaban J connectivity index is 1.36. The van der Waals surface area contributed by atoms with E-state index in [0.29, 0.717) is 6.04 Å². The fraction of sp³-hybridized carbons (Fsp3) is 0.688. The Bertz CT molecular complexity index is 413. The van der Waals surface area contributed by atoms with Crippen LogP contribution in [0.25, 0.3) is 0 Å². The van der Waals surface area contributed by atoms with Crippen LogP contribution in [0.1, 0.15) is 32.1 Å². The van der Waals surface area contributed by atoms with Gasteiger partial charge in [-0.3, -0.25) is 0 Å². The monoisotopic (exact) mass is 257 g/mol. The third-order valence-electron chi connectivity index (χ3n) is 4.85. The molecule has 4 rings (SSSR count). The molecule has 0 radical (unpaired) electrons. The molecule has 3 heteroatoms. The summed E-state index contributed by atoms with van der Waals surface area (Å²) in [4.78, 5) is 6.89. The predicted molar refractivity (Wildman–Crippen MR) is 77.2 cm³/mol. The van der Waals surface area contributed by atoms with Gasteiger partial charge in [-0.15, -0.1) is 0 Å². The van der Waals surface area contributed by atoms with Gasteiger partial charge >= 0.3 is 0 Å². The summed E-state index contributed by atoms with van der Waals surface area (Å²) in [6, 6.07) is 7.70. The highest BCUT2D eigenvalue weighted by Gasteiger charge is 2.42. The van der Waals surface area contributed by atoms with Gasteiger partial charge in [0.2, 0.25) is 0 Å². The molecular formula is C16H23N3. The van der Waals surface area contributed by atoms with Crippen molar-refractivity contribution in [3.8, 4) is 0 Å². The molecule has 2 heterocycles. The maximum absolute atomic E-state index is 4.47. The summed E-state index contributed by atoms with van der Waals surface area (Å²) in [5.74, 6) is 3.13. The van der Waals surface area contributed by atoms with Gasteiger partial charge in [0.1, 0.15) is 5.82 Å². The van der Waals surface area contributed by atoms with Crippen LogP contribution in [-0.2, 0) is 0 Å². The van der Waals surface area contributed by atoms with Crippen LogP contribution in [0.3, 0.4) is 0 Å². The Labute approximate surface area is 115 Å². The van der Waals surface area contributed by atoms with E-state index in [-0.39, 0.29) is 0 Å². The molecule has 0 spiro atoms.